The van der Waals surface area contributed by atoms with Gasteiger partial charge in [0.15, 0.2) is 11.5 Å². The van der Waals surface area contributed by atoms with E-state index >= 15 is 0 Å². The van der Waals surface area contributed by atoms with Gasteiger partial charge in [0.2, 0.25) is 0 Å². The van der Waals surface area contributed by atoms with Crippen molar-refractivity contribution in [2.75, 3.05) is 0 Å². The standard InChI is InChI=1S/C27H18ClN3OS/c28-27-30-25(15-10-12-24-20(13-15)19-6-2-4-8-23(19)33-24)29-26(31-27)16-9-11-18-17-5-1-3-7-21(17)32-22(18)14-16/h1-12,14,20,25H,13H2,(H,29,30,31). The van der Waals surface area contributed by atoms with Crippen molar-refractivity contribution in [1.29, 1.82) is 0 Å². The summed E-state index contributed by atoms with van der Waals surface area (Å²) in [6, 6.07) is 22.9. The molecule has 0 spiro atoms. The molecule has 2 aliphatic heterocycles. The SMILES string of the molecule is ClC1=NC(C2=CC=C3Sc4ccccc4C3C2)N=C(c2ccc3c(c2)oc2ccccc23)N1. The summed E-state index contributed by atoms with van der Waals surface area (Å²) in [7, 11) is 0. The van der Waals surface area contributed by atoms with Gasteiger partial charge < -0.3 is 9.73 Å². The molecule has 3 heterocycles. The Labute approximate surface area is 199 Å². The number of thioether (sulfide) groups is 1. The van der Waals surface area contributed by atoms with E-state index in [4.69, 9.17) is 21.0 Å². The van der Waals surface area contributed by atoms with Gasteiger partial charge in [-0.15, -0.1) is 0 Å². The minimum atomic E-state index is -0.337. The normalized spacial score (nSPS) is 21.6. The molecule has 6 heteroatoms. The predicted octanol–water partition coefficient (Wildman–Crippen LogP) is 6.96. The number of nitrogens with zero attached hydrogens (tertiary/aromatic N) is 2. The molecule has 1 aliphatic carbocycles. The van der Waals surface area contributed by atoms with Crippen LogP contribution in [0.25, 0.3) is 21.9 Å². The number of allylic oxidation sites excluding steroid dienone is 3. The van der Waals surface area contributed by atoms with Gasteiger partial charge in [0.1, 0.15) is 17.0 Å². The van der Waals surface area contributed by atoms with Crippen molar-refractivity contribution < 1.29 is 4.42 Å². The van der Waals surface area contributed by atoms with Gasteiger partial charge in [-0.3, -0.25) is 0 Å². The van der Waals surface area contributed by atoms with Crippen molar-refractivity contribution in [3.63, 3.8) is 0 Å². The van der Waals surface area contributed by atoms with Crippen molar-refractivity contribution in [1.82, 2.24) is 5.32 Å². The second kappa shape index (κ2) is 7.37. The Hall–Kier alpha value is -3.28. The Balaban J connectivity index is 1.24. The Bertz CT molecular complexity index is 1580. The highest BCUT2D eigenvalue weighted by atomic mass is 35.5. The number of nitrogens with one attached hydrogen (secondary N) is 1. The fourth-order valence-corrected chi connectivity index (χ4v) is 6.26. The van der Waals surface area contributed by atoms with Gasteiger partial charge in [-0.1, -0.05) is 66.4 Å². The summed E-state index contributed by atoms with van der Waals surface area (Å²) in [6.07, 6.45) is 4.94. The van der Waals surface area contributed by atoms with Gasteiger partial charge in [-0.2, -0.15) is 0 Å². The molecule has 3 aliphatic rings. The van der Waals surface area contributed by atoms with Gasteiger partial charge in [0.05, 0.1) is 0 Å². The van der Waals surface area contributed by atoms with Crippen molar-refractivity contribution in [2.24, 2.45) is 9.98 Å². The molecule has 0 amide bonds. The number of rotatable bonds is 2. The molecule has 1 aromatic heterocycles. The molecule has 0 fully saturated rings. The number of para-hydroxylation sites is 1. The van der Waals surface area contributed by atoms with E-state index in [1.807, 2.05) is 36.0 Å². The average molecular weight is 468 g/mol. The quantitative estimate of drug-likeness (QED) is 0.324. The summed E-state index contributed by atoms with van der Waals surface area (Å²) >= 11 is 8.30. The van der Waals surface area contributed by atoms with Crippen LogP contribution in [0.1, 0.15) is 23.5 Å². The lowest BCUT2D eigenvalue weighted by Gasteiger charge is -2.25. The van der Waals surface area contributed by atoms with E-state index in [2.05, 4.69) is 64.9 Å². The van der Waals surface area contributed by atoms with Crippen molar-refractivity contribution in [2.45, 2.75) is 23.4 Å². The number of fused-ring (bicyclic) bond motifs is 6. The summed E-state index contributed by atoms with van der Waals surface area (Å²) in [4.78, 5) is 12.3. The zero-order valence-corrected chi connectivity index (χ0v) is 19.0. The Morgan fingerprint density at radius 1 is 0.909 bits per heavy atom. The third-order valence-corrected chi connectivity index (χ3v) is 7.90. The summed E-state index contributed by atoms with van der Waals surface area (Å²) in [5, 5.41) is 5.69. The summed E-state index contributed by atoms with van der Waals surface area (Å²) in [6.45, 7) is 0. The molecule has 0 radical (unpaired) electrons. The molecule has 0 saturated carbocycles. The van der Waals surface area contributed by atoms with Crippen LogP contribution in [0.4, 0.5) is 0 Å². The van der Waals surface area contributed by atoms with Crippen LogP contribution in [-0.2, 0) is 0 Å². The van der Waals surface area contributed by atoms with Crippen LogP contribution < -0.4 is 5.32 Å². The van der Waals surface area contributed by atoms with Crippen molar-refractivity contribution in [3.8, 4) is 0 Å². The van der Waals surface area contributed by atoms with Gasteiger partial charge in [0.25, 0.3) is 0 Å². The zero-order chi connectivity index (χ0) is 21.9. The molecule has 7 rings (SSSR count). The number of benzene rings is 3. The first-order valence-corrected chi connectivity index (χ1v) is 12.1. The molecule has 4 nitrogen and oxygen atoms in total. The van der Waals surface area contributed by atoms with Crippen LogP contribution in [0.15, 0.2) is 109 Å². The highest BCUT2D eigenvalue weighted by molar-refractivity contribution is 8.03. The largest absolute Gasteiger partial charge is 0.456 e. The van der Waals surface area contributed by atoms with Crippen LogP contribution in [0.2, 0.25) is 0 Å². The summed E-state index contributed by atoms with van der Waals surface area (Å²) in [5.41, 5.74) is 5.20. The summed E-state index contributed by atoms with van der Waals surface area (Å²) in [5.74, 6) is 1.08. The van der Waals surface area contributed by atoms with Gasteiger partial charge in [-0.25, -0.2) is 9.98 Å². The third-order valence-electron chi connectivity index (χ3n) is 6.46. The van der Waals surface area contributed by atoms with Crippen molar-refractivity contribution in [3.05, 3.63) is 100 Å². The van der Waals surface area contributed by atoms with E-state index < -0.39 is 0 Å². The van der Waals surface area contributed by atoms with Crippen LogP contribution in [-0.4, -0.2) is 17.3 Å². The molecule has 160 valence electrons. The second-order valence-electron chi connectivity index (χ2n) is 8.41. The average Bonchev–Trinajstić information content (AvgIpc) is 3.41. The van der Waals surface area contributed by atoms with Crippen LogP contribution in [0.3, 0.4) is 0 Å². The highest BCUT2D eigenvalue weighted by Crippen LogP contribution is 2.52. The summed E-state index contributed by atoms with van der Waals surface area (Å²) < 4.78 is 6.07. The van der Waals surface area contributed by atoms with E-state index in [9.17, 15) is 0 Å². The van der Waals surface area contributed by atoms with Crippen LogP contribution in [0.5, 0.6) is 0 Å². The highest BCUT2D eigenvalue weighted by Gasteiger charge is 2.33. The first-order chi connectivity index (χ1) is 16.2. The van der Waals surface area contributed by atoms with Crippen molar-refractivity contribution >= 4 is 56.4 Å². The number of halogens is 1. The number of furan rings is 1. The molecule has 0 saturated heterocycles. The van der Waals surface area contributed by atoms with Crippen LogP contribution in [0, 0.1) is 0 Å². The van der Waals surface area contributed by atoms with E-state index in [1.165, 1.54) is 20.9 Å². The monoisotopic (exact) mass is 467 g/mol. The lowest BCUT2D eigenvalue weighted by atomic mass is 9.87. The number of hydrogen-bond acceptors (Lipinski definition) is 5. The topological polar surface area (TPSA) is 49.9 Å². The Kier molecular flexibility index (Phi) is 4.29. The van der Waals surface area contributed by atoms with E-state index in [0.717, 1.165) is 33.9 Å². The molecule has 33 heavy (non-hydrogen) atoms. The number of hydrogen-bond donors (Lipinski definition) is 1. The second-order valence-corrected chi connectivity index (χ2v) is 9.89. The zero-order valence-electron chi connectivity index (χ0n) is 17.5. The number of aliphatic imine (C=N–C) groups is 2. The first-order valence-electron chi connectivity index (χ1n) is 10.9. The fourth-order valence-electron chi connectivity index (χ4n) is 4.86. The predicted molar refractivity (Wildman–Crippen MR) is 136 cm³/mol. The maximum atomic E-state index is 6.44. The first kappa shape index (κ1) is 19.2. The van der Waals surface area contributed by atoms with Gasteiger partial charge in [0, 0.05) is 27.1 Å². The number of amidine groups is 2. The van der Waals surface area contributed by atoms with E-state index in [1.54, 1.807) is 0 Å². The molecule has 2 atom stereocenters. The third kappa shape index (κ3) is 3.15. The fraction of sp³-hybridized carbons (Fsp3) is 0.111. The van der Waals surface area contributed by atoms with Gasteiger partial charge in [-0.05, 0) is 58.3 Å². The molecule has 1 N–H and O–H groups in total. The lowest BCUT2D eigenvalue weighted by molar-refractivity contribution is 0.668. The lowest BCUT2D eigenvalue weighted by Crippen LogP contribution is -2.35. The van der Waals surface area contributed by atoms with Crippen LogP contribution >= 0.6 is 23.4 Å². The molecule has 0 bridgehead atoms. The smallest absolute Gasteiger partial charge is 0.199 e. The maximum Gasteiger partial charge on any atom is 0.199 e. The van der Waals surface area contributed by atoms with E-state index in [-0.39, 0.29) is 6.17 Å². The Morgan fingerprint density at radius 3 is 2.73 bits per heavy atom. The molecular formula is C27H18ClN3OS. The minimum absolute atomic E-state index is 0.337. The molecule has 3 aromatic carbocycles. The molecule has 4 aromatic rings. The van der Waals surface area contributed by atoms with E-state index in [0.29, 0.717) is 17.0 Å². The maximum absolute atomic E-state index is 6.44. The molecular weight excluding hydrogens is 450 g/mol. The Morgan fingerprint density at radius 2 is 1.76 bits per heavy atom. The van der Waals surface area contributed by atoms with Gasteiger partial charge >= 0.3 is 0 Å². The minimum Gasteiger partial charge on any atom is -0.456 e. The molecule has 2 unspecified atom stereocenters.